The van der Waals surface area contributed by atoms with E-state index in [1.54, 1.807) is 23.5 Å². The molecule has 38 heavy (non-hydrogen) atoms. The second kappa shape index (κ2) is 11.2. The van der Waals surface area contributed by atoms with Gasteiger partial charge in [-0.25, -0.2) is 4.98 Å². The Morgan fingerprint density at radius 2 is 1.79 bits per heavy atom. The minimum absolute atomic E-state index is 0.0960. The molecule has 3 aromatic carbocycles. The van der Waals surface area contributed by atoms with E-state index in [-0.39, 0.29) is 24.9 Å². The lowest BCUT2D eigenvalue weighted by atomic mass is 10.0. The number of carboxylic acids is 1. The molecule has 0 saturated carbocycles. The van der Waals surface area contributed by atoms with Gasteiger partial charge in [-0.05, 0) is 79.6 Å². The topological polar surface area (TPSA) is 91.3 Å². The summed E-state index contributed by atoms with van der Waals surface area (Å²) in [6.07, 6.45) is 3.34. The molecule has 3 N–H and O–H groups in total. The van der Waals surface area contributed by atoms with Crippen LogP contribution in [0.25, 0.3) is 11.3 Å². The third kappa shape index (κ3) is 5.78. The molecule has 1 aliphatic rings. The summed E-state index contributed by atoms with van der Waals surface area (Å²) in [5.41, 5.74) is 9.87. The van der Waals surface area contributed by atoms with Crippen LogP contribution in [0.1, 0.15) is 62.1 Å². The lowest BCUT2D eigenvalue weighted by molar-refractivity contribution is -0.136. The van der Waals surface area contributed by atoms with Crippen LogP contribution < -0.4 is 10.6 Å². The second-order valence-electron chi connectivity index (χ2n) is 9.83. The van der Waals surface area contributed by atoms with Crippen molar-refractivity contribution in [3.05, 3.63) is 104 Å². The van der Waals surface area contributed by atoms with Gasteiger partial charge in [0, 0.05) is 28.7 Å². The summed E-state index contributed by atoms with van der Waals surface area (Å²) >= 11 is 1.62. The highest BCUT2D eigenvalue weighted by Crippen LogP contribution is 2.34. The minimum Gasteiger partial charge on any atom is -0.481 e. The molecule has 1 heterocycles. The number of nitrogens with one attached hydrogen (secondary N) is 2. The summed E-state index contributed by atoms with van der Waals surface area (Å²) in [5, 5.41) is 18.2. The average molecular weight is 526 g/mol. The number of hydrogen-bond acceptors (Lipinski definition) is 5. The molecule has 0 fully saturated rings. The molecule has 1 unspecified atom stereocenters. The smallest absolute Gasteiger partial charge is 0.305 e. The van der Waals surface area contributed by atoms with Crippen LogP contribution in [0.15, 0.2) is 66.0 Å². The van der Waals surface area contributed by atoms with Gasteiger partial charge in [0.15, 0.2) is 0 Å². The Labute approximate surface area is 226 Å². The molecule has 194 valence electrons. The van der Waals surface area contributed by atoms with Crippen molar-refractivity contribution in [1.29, 1.82) is 0 Å². The van der Waals surface area contributed by atoms with Gasteiger partial charge in [0.2, 0.25) is 0 Å². The number of anilines is 1. The number of aryl methyl sites for hydroxylation is 4. The van der Waals surface area contributed by atoms with E-state index in [9.17, 15) is 9.59 Å². The zero-order chi connectivity index (χ0) is 26.6. The first-order valence-corrected chi connectivity index (χ1v) is 13.8. The first-order chi connectivity index (χ1) is 18.4. The summed E-state index contributed by atoms with van der Waals surface area (Å²) in [4.78, 5) is 28.3. The molecular weight excluding hydrogens is 494 g/mol. The van der Waals surface area contributed by atoms with E-state index in [0.29, 0.717) is 5.56 Å². The molecule has 0 spiro atoms. The number of rotatable bonds is 9. The summed E-state index contributed by atoms with van der Waals surface area (Å²) < 4.78 is 0. The average Bonchev–Trinajstić information content (AvgIpc) is 3.57. The Morgan fingerprint density at radius 1 is 1.00 bits per heavy atom. The molecule has 1 aromatic heterocycles. The molecule has 1 aliphatic carbocycles. The zero-order valence-corrected chi connectivity index (χ0v) is 22.4. The minimum atomic E-state index is -0.940. The largest absolute Gasteiger partial charge is 0.481 e. The monoisotopic (exact) mass is 525 g/mol. The van der Waals surface area contributed by atoms with Crippen LogP contribution in [0.4, 0.5) is 5.69 Å². The Bertz CT molecular complexity index is 1480. The number of aromatic nitrogens is 1. The number of fused-ring (bicyclic) bond motifs is 1. The number of carbonyl (C=O) groups excluding carboxylic acids is 1. The van der Waals surface area contributed by atoms with Crippen LogP contribution in [0.2, 0.25) is 0 Å². The number of carboxylic acid groups (broad SMARTS) is 1. The lowest BCUT2D eigenvalue weighted by Crippen LogP contribution is -2.26. The molecule has 0 aliphatic heterocycles. The first-order valence-electron chi connectivity index (χ1n) is 12.9. The predicted molar refractivity (Wildman–Crippen MR) is 152 cm³/mol. The molecule has 0 radical (unpaired) electrons. The molecule has 0 saturated heterocycles. The van der Waals surface area contributed by atoms with E-state index < -0.39 is 5.97 Å². The maximum atomic E-state index is 12.5. The fourth-order valence-corrected chi connectivity index (χ4v) is 5.87. The summed E-state index contributed by atoms with van der Waals surface area (Å²) in [7, 11) is 0. The molecule has 4 aromatic rings. The van der Waals surface area contributed by atoms with Crippen molar-refractivity contribution in [1.82, 2.24) is 10.3 Å². The lowest BCUT2D eigenvalue weighted by Gasteiger charge is -2.19. The number of carbonyl (C=O) groups is 2. The van der Waals surface area contributed by atoms with E-state index in [1.807, 2.05) is 12.1 Å². The predicted octanol–water partition coefficient (Wildman–Crippen LogP) is 6.32. The van der Waals surface area contributed by atoms with Gasteiger partial charge in [0.25, 0.3) is 5.91 Å². The van der Waals surface area contributed by atoms with Gasteiger partial charge >= 0.3 is 5.97 Å². The number of hydrogen-bond donors (Lipinski definition) is 3. The van der Waals surface area contributed by atoms with Crippen LogP contribution in [0, 0.1) is 13.8 Å². The highest BCUT2D eigenvalue weighted by Gasteiger charge is 2.21. The summed E-state index contributed by atoms with van der Waals surface area (Å²) in [6.45, 7) is 4.30. The quantitative estimate of drug-likeness (QED) is 0.238. The van der Waals surface area contributed by atoms with Crippen molar-refractivity contribution in [2.24, 2.45) is 0 Å². The Kier molecular flexibility index (Phi) is 7.56. The van der Waals surface area contributed by atoms with Gasteiger partial charge < -0.3 is 15.7 Å². The molecule has 7 heteroatoms. The number of nitrogens with zero attached hydrogens (tertiary/aromatic N) is 1. The first kappa shape index (κ1) is 25.7. The van der Waals surface area contributed by atoms with E-state index in [0.717, 1.165) is 40.4 Å². The van der Waals surface area contributed by atoms with Crippen molar-refractivity contribution in [2.45, 2.75) is 45.6 Å². The Hall–Kier alpha value is -3.97. The third-order valence-electron chi connectivity index (χ3n) is 6.97. The highest BCUT2D eigenvalue weighted by atomic mass is 32.1. The van der Waals surface area contributed by atoms with Crippen LogP contribution in [0.3, 0.4) is 0 Å². The number of thiazole rings is 1. The van der Waals surface area contributed by atoms with Crippen LogP contribution in [-0.2, 0) is 17.6 Å². The third-order valence-corrected chi connectivity index (χ3v) is 7.88. The molecular formula is C31H31N3O3S. The maximum Gasteiger partial charge on any atom is 0.305 e. The SMILES string of the molecule is Cc1ccc(-c2csc(C(Nc3ccc4c(c3)CCC4)c3ccc(C(=O)NCCC(=O)O)cc3)n2)c(C)c1. The van der Waals surface area contributed by atoms with Crippen molar-refractivity contribution < 1.29 is 14.7 Å². The van der Waals surface area contributed by atoms with Crippen molar-refractivity contribution >= 4 is 28.9 Å². The number of benzene rings is 3. The summed E-state index contributed by atoms with van der Waals surface area (Å²) in [5.74, 6) is -1.22. The van der Waals surface area contributed by atoms with Crippen LogP contribution in [0.5, 0.6) is 0 Å². The van der Waals surface area contributed by atoms with Gasteiger partial charge in [-0.1, -0.05) is 42.0 Å². The Morgan fingerprint density at radius 3 is 2.55 bits per heavy atom. The molecule has 1 amide bonds. The van der Waals surface area contributed by atoms with E-state index in [2.05, 4.69) is 66.3 Å². The normalized spacial score (nSPS) is 13.1. The van der Waals surface area contributed by atoms with E-state index >= 15 is 0 Å². The van der Waals surface area contributed by atoms with Crippen molar-refractivity contribution in [2.75, 3.05) is 11.9 Å². The van der Waals surface area contributed by atoms with E-state index in [1.165, 1.54) is 28.7 Å². The standard InChI is InChI=1S/C31H31N3O3S/c1-19-6-13-26(20(2)16-19)27-18-38-31(34-27)29(33-25-12-11-21-4-3-5-24(21)17-25)22-7-9-23(10-8-22)30(37)32-15-14-28(35)36/h6-13,16-18,29,33H,3-5,14-15H2,1-2H3,(H,32,37)(H,35,36). The van der Waals surface area contributed by atoms with Gasteiger partial charge in [0.05, 0.1) is 12.1 Å². The molecule has 1 atom stereocenters. The fourth-order valence-electron chi connectivity index (χ4n) is 4.97. The van der Waals surface area contributed by atoms with E-state index in [4.69, 9.17) is 10.1 Å². The molecule has 5 rings (SSSR count). The number of amides is 1. The van der Waals surface area contributed by atoms with Crippen LogP contribution >= 0.6 is 11.3 Å². The fraction of sp³-hybridized carbons (Fsp3) is 0.258. The number of aliphatic carboxylic acids is 1. The van der Waals surface area contributed by atoms with Gasteiger partial charge in [-0.2, -0.15) is 0 Å². The highest BCUT2D eigenvalue weighted by molar-refractivity contribution is 7.10. The molecule has 6 nitrogen and oxygen atoms in total. The molecule has 0 bridgehead atoms. The van der Waals surface area contributed by atoms with Gasteiger partial charge in [0.1, 0.15) is 11.0 Å². The van der Waals surface area contributed by atoms with Gasteiger partial charge in [-0.3, -0.25) is 9.59 Å². The second-order valence-corrected chi connectivity index (χ2v) is 10.7. The van der Waals surface area contributed by atoms with Crippen molar-refractivity contribution in [3.63, 3.8) is 0 Å². The van der Waals surface area contributed by atoms with Crippen molar-refractivity contribution in [3.8, 4) is 11.3 Å². The van der Waals surface area contributed by atoms with Gasteiger partial charge in [-0.15, -0.1) is 11.3 Å². The summed E-state index contributed by atoms with van der Waals surface area (Å²) in [6, 6.07) is 20.3. The zero-order valence-electron chi connectivity index (χ0n) is 21.6. The van der Waals surface area contributed by atoms with Crippen LogP contribution in [-0.4, -0.2) is 28.5 Å². The Balaban J connectivity index is 1.44. The maximum absolute atomic E-state index is 12.5.